The highest BCUT2D eigenvalue weighted by Crippen LogP contribution is 2.38. The normalized spacial score (nSPS) is 15.3. The lowest BCUT2D eigenvalue weighted by Gasteiger charge is -2.35. The molecule has 0 aliphatic rings. The minimum atomic E-state index is 0.249. The summed E-state index contributed by atoms with van der Waals surface area (Å²) in [4.78, 5) is 0. The lowest BCUT2D eigenvalue weighted by molar-refractivity contribution is 0.158. The Kier molecular flexibility index (Phi) is 3.27. The fourth-order valence-corrected chi connectivity index (χ4v) is 1.84. The third-order valence-corrected chi connectivity index (χ3v) is 2.65. The summed E-state index contributed by atoms with van der Waals surface area (Å²) >= 11 is 0. The van der Waals surface area contributed by atoms with Gasteiger partial charge in [-0.25, -0.2) is 0 Å². The minimum absolute atomic E-state index is 0.249. The maximum absolute atomic E-state index is 4.38. The zero-order valence-corrected chi connectivity index (χ0v) is 10.9. The Morgan fingerprint density at radius 3 is 2.07 bits per heavy atom. The first-order chi connectivity index (χ1) is 6.70. The summed E-state index contributed by atoms with van der Waals surface area (Å²) in [6, 6.07) is 2.47. The molecule has 1 unspecified atom stereocenters. The van der Waals surface area contributed by atoms with Crippen molar-refractivity contribution >= 4 is 0 Å². The van der Waals surface area contributed by atoms with Crippen molar-refractivity contribution in [3.8, 4) is 0 Å². The Hall–Kier alpha value is -0.790. The highest BCUT2D eigenvalue weighted by Gasteiger charge is 2.30. The summed E-state index contributed by atoms with van der Waals surface area (Å²) in [7, 11) is 0. The molecule has 0 aromatic carbocycles. The van der Waals surface area contributed by atoms with E-state index in [9.17, 15) is 0 Å². The molecule has 0 N–H and O–H groups in total. The van der Waals surface area contributed by atoms with E-state index in [2.05, 4.69) is 57.5 Å². The minimum Gasteiger partial charge on any atom is -0.269 e. The first-order valence-electron chi connectivity index (χ1n) is 5.69. The summed E-state index contributed by atoms with van der Waals surface area (Å²) in [5.41, 5.74) is 0.587. The van der Waals surface area contributed by atoms with Crippen LogP contribution in [0.2, 0.25) is 0 Å². The predicted octanol–water partition coefficient (Wildman–Crippen LogP) is 3.91. The van der Waals surface area contributed by atoms with Crippen LogP contribution in [0.1, 0.15) is 54.0 Å². The van der Waals surface area contributed by atoms with Crippen molar-refractivity contribution in [3.63, 3.8) is 0 Å². The Morgan fingerprint density at radius 2 is 1.73 bits per heavy atom. The van der Waals surface area contributed by atoms with Crippen molar-refractivity contribution in [2.75, 3.05) is 0 Å². The van der Waals surface area contributed by atoms with Gasteiger partial charge >= 0.3 is 0 Å². The molecule has 1 heterocycles. The lowest BCUT2D eigenvalue weighted by Crippen LogP contribution is -2.28. The monoisotopic (exact) mass is 208 g/mol. The largest absolute Gasteiger partial charge is 0.269 e. The summed E-state index contributed by atoms with van der Waals surface area (Å²) in [5, 5.41) is 4.38. The zero-order chi connectivity index (χ0) is 11.7. The van der Waals surface area contributed by atoms with Crippen LogP contribution in [0.25, 0.3) is 0 Å². The van der Waals surface area contributed by atoms with Crippen LogP contribution in [-0.4, -0.2) is 9.78 Å². The molecule has 0 radical (unpaired) electrons. The molecule has 0 amide bonds. The van der Waals surface area contributed by atoms with E-state index in [1.807, 2.05) is 12.3 Å². The van der Waals surface area contributed by atoms with E-state index in [1.165, 1.54) is 0 Å². The van der Waals surface area contributed by atoms with Crippen LogP contribution in [-0.2, 0) is 0 Å². The molecule has 2 nitrogen and oxygen atoms in total. The number of rotatable bonds is 2. The standard InChI is InChI=1S/C13H24N2/c1-12(2,3)10-11(13(4,5)6)15-9-7-8-14-15/h7-9,11H,10H2,1-6H3. The average molecular weight is 208 g/mol. The van der Waals surface area contributed by atoms with Gasteiger partial charge in [-0.2, -0.15) is 5.10 Å². The fraction of sp³-hybridized carbons (Fsp3) is 0.769. The van der Waals surface area contributed by atoms with Gasteiger partial charge in [-0.3, -0.25) is 4.68 Å². The van der Waals surface area contributed by atoms with Gasteiger partial charge in [0.1, 0.15) is 0 Å². The summed E-state index contributed by atoms with van der Waals surface area (Å²) in [6.45, 7) is 13.7. The van der Waals surface area contributed by atoms with Crippen LogP contribution < -0.4 is 0 Å². The summed E-state index contributed by atoms with van der Waals surface area (Å²) in [6.07, 6.45) is 5.08. The molecule has 0 bridgehead atoms. The summed E-state index contributed by atoms with van der Waals surface area (Å²) in [5.74, 6) is 0. The molecule has 2 heteroatoms. The number of nitrogens with zero attached hydrogens (tertiary/aromatic N) is 2. The maximum Gasteiger partial charge on any atom is 0.0572 e. The average Bonchev–Trinajstić information content (AvgIpc) is 2.47. The number of hydrogen-bond donors (Lipinski definition) is 0. The number of aromatic nitrogens is 2. The van der Waals surface area contributed by atoms with E-state index >= 15 is 0 Å². The van der Waals surface area contributed by atoms with Crippen LogP contribution in [0.5, 0.6) is 0 Å². The van der Waals surface area contributed by atoms with Crippen molar-refractivity contribution in [2.45, 2.75) is 54.0 Å². The Labute approximate surface area is 93.7 Å². The van der Waals surface area contributed by atoms with Gasteiger partial charge in [-0.1, -0.05) is 41.5 Å². The third-order valence-electron chi connectivity index (χ3n) is 2.65. The lowest BCUT2D eigenvalue weighted by atomic mass is 9.77. The zero-order valence-electron chi connectivity index (χ0n) is 10.9. The Balaban J connectivity index is 2.90. The second-order valence-electron chi connectivity index (χ2n) is 6.63. The first kappa shape index (κ1) is 12.3. The third kappa shape index (κ3) is 3.69. The second-order valence-corrected chi connectivity index (χ2v) is 6.63. The fourth-order valence-electron chi connectivity index (χ4n) is 1.84. The van der Waals surface area contributed by atoms with Crippen molar-refractivity contribution < 1.29 is 0 Å². The first-order valence-corrected chi connectivity index (χ1v) is 5.69. The van der Waals surface area contributed by atoms with Crippen LogP contribution in [0.15, 0.2) is 18.5 Å². The van der Waals surface area contributed by atoms with E-state index in [-0.39, 0.29) is 5.41 Å². The van der Waals surface area contributed by atoms with E-state index in [0.29, 0.717) is 11.5 Å². The molecule has 1 atom stereocenters. The van der Waals surface area contributed by atoms with E-state index in [4.69, 9.17) is 0 Å². The van der Waals surface area contributed by atoms with Gasteiger partial charge in [-0.15, -0.1) is 0 Å². The van der Waals surface area contributed by atoms with E-state index in [0.717, 1.165) is 6.42 Å². The van der Waals surface area contributed by atoms with Gasteiger partial charge in [0.2, 0.25) is 0 Å². The van der Waals surface area contributed by atoms with Gasteiger partial charge in [-0.05, 0) is 23.3 Å². The molecule has 1 aromatic rings. The highest BCUT2D eigenvalue weighted by molar-refractivity contribution is 4.88. The van der Waals surface area contributed by atoms with Gasteiger partial charge < -0.3 is 0 Å². The van der Waals surface area contributed by atoms with Gasteiger partial charge in [0.05, 0.1) is 6.04 Å². The Bertz CT molecular complexity index is 285. The molecule has 86 valence electrons. The van der Waals surface area contributed by atoms with Crippen LogP contribution >= 0.6 is 0 Å². The molecule has 0 aliphatic heterocycles. The second kappa shape index (κ2) is 3.99. The molecule has 0 saturated carbocycles. The van der Waals surface area contributed by atoms with Gasteiger partial charge in [0.15, 0.2) is 0 Å². The molecule has 0 fully saturated rings. The highest BCUT2D eigenvalue weighted by atomic mass is 15.3. The van der Waals surface area contributed by atoms with Crippen LogP contribution in [0.4, 0.5) is 0 Å². The Morgan fingerprint density at radius 1 is 1.13 bits per heavy atom. The van der Waals surface area contributed by atoms with Gasteiger partial charge in [0, 0.05) is 12.4 Å². The molecular formula is C13H24N2. The maximum atomic E-state index is 4.38. The molecule has 0 spiro atoms. The van der Waals surface area contributed by atoms with Crippen molar-refractivity contribution in [2.24, 2.45) is 10.8 Å². The van der Waals surface area contributed by atoms with Crippen LogP contribution in [0.3, 0.4) is 0 Å². The SMILES string of the molecule is CC(C)(C)CC(n1cccn1)C(C)(C)C. The molecule has 1 rings (SSSR count). The quantitative estimate of drug-likeness (QED) is 0.720. The predicted molar refractivity (Wildman–Crippen MR) is 64.8 cm³/mol. The van der Waals surface area contributed by atoms with Crippen molar-refractivity contribution in [3.05, 3.63) is 18.5 Å². The molecule has 15 heavy (non-hydrogen) atoms. The molecule has 0 aliphatic carbocycles. The molecular weight excluding hydrogens is 184 g/mol. The van der Waals surface area contributed by atoms with E-state index in [1.54, 1.807) is 0 Å². The van der Waals surface area contributed by atoms with Crippen molar-refractivity contribution in [1.29, 1.82) is 0 Å². The van der Waals surface area contributed by atoms with Gasteiger partial charge in [0.25, 0.3) is 0 Å². The smallest absolute Gasteiger partial charge is 0.0572 e. The number of hydrogen-bond acceptors (Lipinski definition) is 1. The molecule has 0 saturated heterocycles. The van der Waals surface area contributed by atoms with Crippen molar-refractivity contribution in [1.82, 2.24) is 9.78 Å². The molecule has 1 aromatic heterocycles. The van der Waals surface area contributed by atoms with E-state index < -0.39 is 0 Å². The summed E-state index contributed by atoms with van der Waals surface area (Å²) < 4.78 is 2.10. The topological polar surface area (TPSA) is 17.8 Å². The van der Waals surface area contributed by atoms with Crippen LogP contribution in [0, 0.1) is 10.8 Å².